The molecule has 154 valence electrons. The van der Waals surface area contributed by atoms with Crippen molar-refractivity contribution in [1.82, 2.24) is 4.90 Å². The van der Waals surface area contributed by atoms with Crippen LogP contribution in [0.2, 0.25) is 0 Å². The molecule has 0 spiro atoms. The van der Waals surface area contributed by atoms with Gasteiger partial charge >= 0.3 is 0 Å². The second-order valence-corrected chi connectivity index (χ2v) is 9.81. The Bertz CT molecular complexity index is 849. The largest absolute Gasteiger partial charge is 0.302 e. The van der Waals surface area contributed by atoms with Crippen molar-refractivity contribution in [3.63, 3.8) is 0 Å². The van der Waals surface area contributed by atoms with E-state index in [2.05, 4.69) is 60.5 Å². The molecule has 0 bridgehead atoms. The minimum atomic E-state index is -0.139. The third-order valence-corrected chi connectivity index (χ3v) is 6.89. The second-order valence-electron chi connectivity index (χ2n) is 8.36. The molecule has 2 aromatic rings. The molecule has 2 aromatic carbocycles. The topological polar surface area (TPSA) is 27.0 Å². The van der Waals surface area contributed by atoms with E-state index in [0.29, 0.717) is 0 Å². The number of rotatable bonds is 8. The maximum Gasteiger partial charge on any atom is 0.0699 e. The number of alkyl halides is 2. The van der Waals surface area contributed by atoms with Crippen LogP contribution in [-0.4, -0.2) is 18.5 Å². The summed E-state index contributed by atoms with van der Waals surface area (Å²) in [6.07, 6.45) is 6.57. The summed E-state index contributed by atoms with van der Waals surface area (Å²) in [4.78, 5) is 2.13. The smallest absolute Gasteiger partial charge is 0.0699 e. The van der Waals surface area contributed by atoms with Gasteiger partial charge in [0, 0.05) is 13.5 Å². The van der Waals surface area contributed by atoms with E-state index in [1.165, 1.54) is 29.2 Å². The molecule has 0 radical (unpaired) electrons. The van der Waals surface area contributed by atoms with Crippen LogP contribution in [0.5, 0.6) is 0 Å². The Morgan fingerprint density at radius 3 is 2.10 bits per heavy atom. The first-order valence-corrected chi connectivity index (χ1v) is 11.2. The van der Waals surface area contributed by atoms with Gasteiger partial charge in [0.15, 0.2) is 0 Å². The molecule has 0 amide bonds. The van der Waals surface area contributed by atoms with Crippen molar-refractivity contribution in [3.05, 3.63) is 70.8 Å². The lowest BCUT2D eigenvalue weighted by Crippen LogP contribution is -2.19. The molecule has 2 saturated carbocycles. The summed E-state index contributed by atoms with van der Waals surface area (Å²) in [5.41, 5.74) is 5.36. The Labute approximate surface area is 185 Å². The van der Waals surface area contributed by atoms with Crippen molar-refractivity contribution in [2.45, 2.75) is 61.7 Å². The van der Waals surface area contributed by atoms with Crippen molar-refractivity contribution < 1.29 is 0 Å². The fraction of sp³-hybridized carbons (Fsp3) is 0.480. The highest BCUT2D eigenvalue weighted by Crippen LogP contribution is 2.60. The van der Waals surface area contributed by atoms with Gasteiger partial charge in [-0.25, -0.2) is 0 Å². The summed E-state index contributed by atoms with van der Waals surface area (Å²) >= 11 is 13.5. The van der Waals surface area contributed by atoms with Crippen molar-refractivity contribution in [3.8, 4) is 6.07 Å². The first kappa shape index (κ1) is 22.2. The highest BCUT2D eigenvalue weighted by molar-refractivity contribution is 6.28. The molecule has 0 aliphatic heterocycles. The maximum absolute atomic E-state index is 7.32. The van der Waals surface area contributed by atoms with E-state index in [1.807, 2.05) is 0 Å². The van der Waals surface area contributed by atoms with Gasteiger partial charge in [-0.15, -0.1) is 23.2 Å². The van der Waals surface area contributed by atoms with Crippen LogP contribution in [0.25, 0.3) is 0 Å². The molecule has 0 aromatic heterocycles. The van der Waals surface area contributed by atoms with E-state index in [1.54, 1.807) is 6.07 Å². The van der Waals surface area contributed by atoms with E-state index in [0.717, 1.165) is 51.6 Å². The van der Waals surface area contributed by atoms with Crippen LogP contribution in [0.4, 0.5) is 0 Å². The minimum Gasteiger partial charge on any atom is -0.302 e. The second kappa shape index (κ2) is 9.52. The average Bonchev–Trinajstić information content (AvgIpc) is 3.63. The highest BCUT2D eigenvalue weighted by atomic mass is 35.5. The zero-order valence-electron chi connectivity index (χ0n) is 17.4. The molecule has 0 N–H and O–H groups in total. The summed E-state index contributed by atoms with van der Waals surface area (Å²) < 4.78 is 0. The number of aryl methyl sites for hydroxylation is 1. The maximum atomic E-state index is 7.32. The summed E-state index contributed by atoms with van der Waals surface area (Å²) in [5.74, 6) is 0. The minimum absolute atomic E-state index is 0.131. The summed E-state index contributed by atoms with van der Waals surface area (Å²) in [7, 11) is 2.20. The molecular formula is C25H30Cl2N2. The Morgan fingerprint density at radius 1 is 0.931 bits per heavy atom. The van der Waals surface area contributed by atoms with Gasteiger partial charge in [0.05, 0.1) is 15.8 Å². The van der Waals surface area contributed by atoms with Crippen LogP contribution >= 0.6 is 23.2 Å². The van der Waals surface area contributed by atoms with E-state index >= 15 is 0 Å². The van der Waals surface area contributed by atoms with Crippen molar-refractivity contribution in [2.75, 3.05) is 13.6 Å². The number of benzene rings is 2. The molecule has 2 aliphatic rings. The van der Waals surface area contributed by atoms with Crippen LogP contribution in [0.15, 0.2) is 48.5 Å². The lowest BCUT2D eigenvalue weighted by Gasteiger charge is -2.20. The lowest BCUT2D eigenvalue weighted by molar-refractivity contribution is 0.322. The number of nitriles is 1. The number of halogens is 2. The first-order chi connectivity index (χ1) is 13.9. The zero-order valence-corrected chi connectivity index (χ0v) is 18.9. The predicted molar refractivity (Wildman–Crippen MR) is 122 cm³/mol. The highest BCUT2D eigenvalue weighted by Gasteiger charge is 2.50. The van der Waals surface area contributed by atoms with Gasteiger partial charge in [0.1, 0.15) is 0 Å². The van der Waals surface area contributed by atoms with E-state index in [9.17, 15) is 0 Å². The third kappa shape index (κ3) is 5.98. The predicted octanol–water partition coefficient (Wildman–Crippen LogP) is 6.74. The Hall–Kier alpha value is -1.53. The lowest BCUT2D eigenvalue weighted by atomic mass is 9.94. The molecular weight excluding hydrogens is 399 g/mol. The summed E-state index contributed by atoms with van der Waals surface area (Å²) in [6.45, 7) is 3.53. The van der Waals surface area contributed by atoms with Gasteiger partial charge in [-0.05, 0) is 74.4 Å². The number of nitrogens with zero attached hydrogens (tertiary/aromatic N) is 2. The van der Waals surface area contributed by atoms with Crippen LogP contribution in [0.1, 0.15) is 61.3 Å². The van der Waals surface area contributed by atoms with E-state index in [-0.39, 0.29) is 9.75 Å². The molecule has 0 heterocycles. The van der Waals surface area contributed by atoms with Gasteiger partial charge in [-0.2, -0.15) is 5.26 Å². The third-order valence-electron chi connectivity index (χ3n) is 5.73. The van der Waals surface area contributed by atoms with Gasteiger partial charge in [-0.3, -0.25) is 0 Å². The molecule has 2 aliphatic carbocycles. The van der Waals surface area contributed by atoms with Gasteiger partial charge in [0.2, 0.25) is 0 Å². The SMILES string of the molecule is CC#N.CN(CCCc1ccc(C2(Cl)CC2)c(C2(Cl)CC2)c1)Cc1ccccc1. The van der Waals surface area contributed by atoms with Crippen LogP contribution in [-0.2, 0) is 22.7 Å². The van der Waals surface area contributed by atoms with Crippen LogP contribution in [0, 0.1) is 11.3 Å². The van der Waals surface area contributed by atoms with Crippen molar-refractivity contribution in [2.24, 2.45) is 0 Å². The first-order valence-electron chi connectivity index (χ1n) is 10.5. The fourth-order valence-corrected chi connectivity index (χ4v) is 4.30. The van der Waals surface area contributed by atoms with E-state index < -0.39 is 0 Å². The van der Waals surface area contributed by atoms with E-state index in [4.69, 9.17) is 28.5 Å². The summed E-state index contributed by atoms with van der Waals surface area (Å²) in [6, 6.07) is 19.3. The number of hydrogen-bond acceptors (Lipinski definition) is 2. The fourth-order valence-electron chi connectivity index (χ4n) is 3.79. The summed E-state index contributed by atoms with van der Waals surface area (Å²) in [5, 5.41) is 7.32. The molecule has 0 saturated heterocycles. The number of hydrogen-bond donors (Lipinski definition) is 0. The standard InChI is InChI=1S/C23H27Cl2N.C2H3N/c1-26(17-19-6-3-2-4-7-19)15-5-8-18-9-10-20(22(24)11-12-22)21(16-18)23(25)13-14-23;1-2-3/h2-4,6-7,9-10,16H,5,8,11-15,17H2,1H3;1H3. The Morgan fingerprint density at radius 2 is 1.52 bits per heavy atom. The van der Waals surface area contributed by atoms with Crippen LogP contribution < -0.4 is 0 Å². The average molecular weight is 429 g/mol. The Balaban J connectivity index is 0.000000755. The Kier molecular flexibility index (Phi) is 7.28. The normalized spacial score (nSPS) is 17.8. The van der Waals surface area contributed by atoms with Crippen LogP contribution in [0.3, 0.4) is 0 Å². The van der Waals surface area contributed by atoms with Gasteiger partial charge in [0.25, 0.3) is 0 Å². The monoisotopic (exact) mass is 428 g/mol. The molecule has 29 heavy (non-hydrogen) atoms. The molecule has 2 fully saturated rings. The molecule has 4 rings (SSSR count). The quantitative estimate of drug-likeness (QED) is 0.435. The van der Waals surface area contributed by atoms with Crippen molar-refractivity contribution >= 4 is 23.2 Å². The van der Waals surface area contributed by atoms with Gasteiger partial charge in [-0.1, -0.05) is 48.5 Å². The molecule has 0 unspecified atom stereocenters. The molecule has 0 atom stereocenters. The molecule has 2 nitrogen and oxygen atoms in total. The van der Waals surface area contributed by atoms with Crippen molar-refractivity contribution in [1.29, 1.82) is 5.26 Å². The molecule has 4 heteroatoms. The zero-order chi connectivity index (χ0) is 20.9. The van der Waals surface area contributed by atoms with Gasteiger partial charge < -0.3 is 4.90 Å².